The van der Waals surface area contributed by atoms with E-state index in [1.807, 2.05) is 11.5 Å². The highest BCUT2D eigenvalue weighted by Crippen LogP contribution is 2.20. The highest BCUT2D eigenvalue weighted by molar-refractivity contribution is 5.74. The summed E-state index contributed by atoms with van der Waals surface area (Å²) in [7, 11) is 0. The third kappa shape index (κ3) is 2.48. The molecule has 1 aliphatic rings. The van der Waals surface area contributed by atoms with Crippen LogP contribution in [-0.2, 0) is 17.9 Å². The molecule has 1 aliphatic heterocycles. The van der Waals surface area contributed by atoms with Gasteiger partial charge in [0.15, 0.2) is 0 Å². The van der Waals surface area contributed by atoms with Gasteiger partial charge in [0.05, 0.1) is 18.1 Å². The number of rotatable bonds is 4. The van der Waals surface area contributed by atoms with Crippen molar-refractivity contribution in [2.24, 2.45) is 0 Å². The fraction of sp³-hybridized carbons (Fsp3) is 0.636. The molecule has 2 N–H and O–H groups in total. The monoisotopic (exact) mass is 239 g/mol. The zero-order valence-corrected chi connectivity index (χ0v) is 9.78. The molecule has 6 heteroatoms. The number of aliphatic carboxylic acids is 1. The fourth-order valence-corrected chi connectivity index (χ4v) is 2.28. The van der Waals surface area contributed by atoms with Crippen LogP contribution in [0, 0.1) is 0 Å². The van der Waals surface area contributed by atoms with Crippen LogP contribution in [0.2, 0.25) is 0 Å². The van der Waals surface area contributed by atoms with Crippen LogP contribution >= 0.6 is 0 Å². The number of β-amino-alcohol motifs (C(OH)–C–C–N with tert-alkyl or cyclic N) is 1. The van der Waals surface area contributed by atoms with E-state index in [1.165, 1.54) is 0 Å². The van der Waals surface area contributed by atoms with Gasteiger partial charge in [0.25, 0.3) is 0 Å². The molecular weight excluding hydrogens is 222 g/mol. The Kier molecular flexibility index (Phi) is 3.44. The molecule has 0 bridgehead atoms. The molecule has 1 aromatic heterocycles. The van der Waals surface area contributed by atoms with E-state index in [-0.39, 0.29) is 0 Å². The van der Waals surface area contributed by atoms with Crippen molar-refractivity contribution in [1.29, 1.82) is 0 Å². The molecule has 94 valence electrons. The van der Waals surface area contributed by atoms with Gasteiger partial charge in [0, 0.05) is 32.3 Å². The van der Waals surface area contributed by atoms with Gasteiger partial charge < -0.3 is 14.8 Å². The average Bonchev–Trinajstić information content (AvgIpc) is 2.85. The van der Waals surface area contributed by atoms with Gasteiger partial charge in [-0.05, 0) is 6.92 Å². The van der Waals surface area contributed by atoms with Crippen molar-refractivity contribution in [2.75, 3.05) is 6.54 Å². The fourth-order valence-electron chi connectivity index (χ4n) is 2.28. The van der Waals surface area contributed by atoms with Crippen LogP contribution in [0.4, 0.5) is 0 Å². The quantitative estimate of drug-likeness (QED) is 0.768. The van der Waals surface area contributed by atoms with E-state index in [4.69, 9.17) is 5.11 Å². The number of aliphatic hydroxyl groups is 1. The van der Waals surface area contributed by atoms with Gasteiger partial charge in [0.1, 0.15) is 6.04 Å². The van der Waals surface area contributed by atoms with E-state index in [0.29, 0.717) is 19.5 Å². The summed E-state index contributed by atoms with van der Waals surface area (Å²) in [4.78, 5) is 16.9. The number of carbonyl (C=O) groups is 1. The number of imidazole rings is 1. The lowest BCUT2D eigenvalue weighted by Crippen LogP contribution is -2.36. The minimum Gasteiger partial charge on any atom is -0.480 e. The second kappa shape index (κ2) is 4.85. The summed E-state index contributed by atoms with van der Waals surface area (Å²) in [6, 6.07) is -0.592. The molecule has 1 aromatic rings. The van der Waals surface area contributed by atoms with Crippen LogP contribution in [-0.4, -0.2) is 49.3 Å². The van der Waals surface area contributed by atoms with E-state index in [9.17, 15) is 9.90 Å². The van der Waals surface area contributed by atoms with Crippen molar-refractivity contribution in [3.05, 3.63) is 18.2 Å². The molecule has 1 saturated heterocycles. The van der Waals surface area contributed by atoms with Gasteiger partial charge in [-0.3, -0.25) is 9.69 Å². The van der Waals surface area contributed by atoms with Crippen molar-refractivity contribution in [1.82, 2.24) is 14.5 Å². The second-order valence-corrected chi connectivity index (χ2v) is 4.34. The second-order valence-electron chi connectivity index (χ2n) is 4.34. The van der Waals surface area contributed by atoms with Crippen molar-refractivity contribution in [3.8, 4) is 0 Å². The molecule has 0 aliphatic carbocycles. The lowest BCUT2D eigenvalue weighted by atomic mass is 10.2. The number of hydrogen-bond donors (Lipinski definition) is 2. The number of aromatic nitrogens is 2. The van der Waals surface area contributed by atoms with Crippen molar-refractivity contribution >= 4 is 5.97 Å². The first-order valence-corrected chi connectivity index (χ1v) is 5.75. The summed E-state index contributed by atoms with van der Waals surface area (Å²) < 4.78 is 1.98. The number of nitrogens with zero attached hydrogens (tertiary/aromatic N) is 3. The van der Waals surface area contributed by atoms with Gasteiger partial charge in [-0.25, -0.2) is 4.98 Å². The highest BCUT2D eigenvalue weighted by atomic mass is 16.4. The van der Waals surface area contributed by atoms with E-state index in [2.05, 4.69) is 4.98 Å². The van der Waals surface area contributed by atoms with Gasteiger partial charge in [-0.1, -0.05) is 0 Å². The standard InChI is InChI=1S/C11H17N3O3/c1-2-13-7-12-4-8(13)5-14-6-9(15)3-10(14)11(16)17/h4,7,9-10,15H,2-3,5-6H2,1H3,(H,16,17). The van der Waals surface area contributed by atoms with Crippen molar-refractivity contribution < 1.29 is 15.0 Å². The Morgan fingerprint density at radius 1 is 1.65 bits per heavy atom. The third-order valence-corrected chi connectivity index (χ3v) is 3.17. The van der Waals surface area contributed by atoms with Crippen LogP contribution in [0.3, 0.4) is 0 Å². The first-order valence-electron chi connectivity index (χ1n) is 5.75. The molecule has 2 atom stereocenters. The molecular formula is C11H17N3O3. The zero-order chi connectivity index (χ0) is 12.4. The number of aliphatic hydroxyl groups excluding tert-OH is 1. The van der Waals surface area contributed by atoms with E-state index in [1.54, 1.807) is 17.4 Å². The van der Waals surface area contributed by atoms with E-state index in [0.717, 1.165) is 12.2 Å². The average molecular weight is 239 g/mol. The molecule has 2 unspecified atom stereocenters. The van der Waals surface area contributed by atoms with Crippen LogP contribution < -0.4 is 0 Å². The zero-order valence-electron chi connectivity index (χ0n) is 9.78. The van der Waals surface area contributed by atoms with E-state index >= 15 is 0 Å². The molecule has 1 fully saturated rings. The number of hydrogen-bond acceptors (Lipinski definition) is 4. The van der Waals surface area contributed by atoms with Crippen LogP contribution in [0.15, 0.2) is 12.5 Å². The Bertz CT molecular complexity index is 404. The molecule has 2 rings (SSSR count). The first kappa shape index (κ1) is 12.1. The van der Waals surface area contributed by atoms with Gasteiger partial charge in [-0.15, -0.1) is 0 Å². The summed E-state index contributed by atoms with van der Waals surface area (Å²) in [6.45, 7) is 3.75. The maximum atomic E-state index is 11.1. The largest absolute Gasteiger partial charge is 0.480 e. The van der Waals surface area contributed by atoms with Crippen LogP contribution in [0.1, 0.15) is 19.0 Å². The minimum absolute atomic E-state index is 0.301. The maximum Gasteiger partial charge on any atom is 0.321 e. The molecule has 0 spiro atoms. The summed E-state index contributed by atoms with van der Waals surface area (Å²) in [6.07, 6.45) is 3.23. The lowest BCUT2D eigenvalue weighted by molar-refractivity contribution is -0.142. The van der Waals surface area contributed by atoms with Crippen molar-refractivity contribution in [2.45, 2.75) is 38.6 Å². The highest BCUT2D eigenvalue weighted by Gasteiger charge is 2.36. The summed E-state index contributed by atoms with van der Waals surface area (Å²) >= 11 is 0. The normalized spacial score (nSPS) is 25.3. The van der Waals surface area contributed by atoms with E-state index < -0.39 is 18.1 Å². The molecule has 2 heterocycles. The van der Waals surface area contributed by atoms with Gasteiger partial charge in [-0.2, -0.15) is 0 Å². The third-order valence-electron chi connectivity index (χ3n) is 3.17. The van der Waals surface area contributed by atoms with Gasteiger partial charge >= 0.3 is 5.97 Å². The maximum absolute atomic E-state index is 11.1. The SMILES string of the molecule is CCn1cncc1CN1CC(O)CC1C(=O)O. The summed E-state index contributed by atoms with van der Waals surface area (Å²) in [5.74, 6) is -0.871. The summed E-state index contributed by atoms with van der Waals surface area (Å²) in [5.41, 5.74) is 0.979. The predicted octanol–water partition coefficient (Wildman–Crippen LogP) is -0.0772. The molecule has 0 saturated carbocycles. The Morgan fingerprint density at radius 2 is 2.41 bits per heavy atom. The molecule has 6 nitrogen and oxygen atoms in total. The molecule has 17 heavy (non-hydrogen) atoms. The summed E-state index contributed by atoms with van der Waals surface area (Å²) in [5, 5.41) is 18.6. The molecule has 0 radical (unpaired) electrons. The van der Waals surface area contributed by atoms with Crippen molar-refractivity contribution in [3.63, 3.8) is 0 Å². The van der Waals surface area contributed by atoms with Crippen LogP contribution in [0.5, 0.6) is 0 Å². The topological polar surface area (TPSA) is 78.6 Å². The number of aryl methyl sites for hydroxylation is 1. The Morgan fingerprint density at radius 3 is 3.06 bits per heavy atom. The molecule has 0 amide bonds. The Balaban J connectivity index is 2.09. The number of carboxylic acids is 1. The van der Waals surface area contributed by atoms with Gasteiger partial charge in [0.2, 0.25) is 0 Å². The Labute approximate surface area is 99.5 Å². The minimum atomic E-state index is -0.871. The predicted molar refractivity (Wildman–Crippen MR) is 60.4 cm³/mol. The van der Waals surface area contributed by atoms with Crippen LogP contribution in [0.25, 0.3) is 0 Å². The number of likely N-dealkylation sites (tertiary alicyclic amines) is 1. The number of carboxylic acid groups (broad SMARTS) is 1. The Hall–Kier alpha value is -1.40. The smallest absolute Gasteiger partial charge is 0.321 e. The lowest BCUT2D eigenvalue weighted by Gasteiger charge is -2.20. The first-order chi connectivity index (χ1) is 8.11. The molecule has 0 aromatic carbocycles.